The number of rotatable bonds is 4. The summed E-state index contributed by atoms with van der Waals surface area (Å²) >= 11 is 5.93. The molecule has 132 valence electrons. The van der Waals surface area contributed by atoms with E-state index in [0.29, 0.717) is 23.1 Å². The third-order valence-electron chi connectivity index (χ3n) is 4.25. The molecule has 1 saturated carbocycles. The van der Waals surface area contributed by atoms with Gasteiger partial charge in [-0.3, -0.25) is 4.79 Å². The lowest BCUT2D eigenvalue weighted by atomic mass is 10.1. The second-order valence-corrected chi connectivity index (χ2v) is 6.66. The van der Waals surface area contributed by atoms with Crippen molar-refractivity contribution in [3.8, 4) is 11.4 Å². The topological polar surface area (TPSA) is 112 Å². The van der Waals surface area contributed by atoms with E-state index in [9.17, 15) is 4.79 Å². The van der Waals surface area contributed by atoms with Crippen LogP contribution in [0.3, 0.4) is 0 Å². The lowest BCUT2D eigenvalue weighted by molar-refractivity contribution is 0.102. The smallest absolute Gasteiger partial charge is 0.257 e. The Labute approximate surface area is 154 Å². The van der Waals surface area contributed by atoms with E-state index in [1.165, 1.54) is 12.3 Å². The van der Waals surface area contributed by atoms with Gasteiger partial charge in [0.25, 0.3) is 5.91 Å². The highest BCUT2D eigenvalue weighted by molar-refractivity contribution is 6.33. The number of amides is 1. The van der Waals surface area contributed by atoms with Gasteiger partial charge in [0.2, 0.25) is 0 Å². The number of anilines is 2. The van der Waals surface area contributed by atoms with Gasteiger partial charge in [-0.1, -0.05) is 17.7 Å². The summed E-state index contributed by atoms with van der Waals surface area (Å²) in [7, 11) is 0. The van der Waals surface area contributed by atoms with Crippen LogP contribution >= 0.6 is 11.6 Å². The standard InChI is InChI=1S/C17H16ClN7O/c1-9-2-3-11(21-17(26)10-6-14(18)15(19)20-8-10)7-13(9)16-22-23-24-25(16)12-4-5-12/h2-3,6-8,12H,4-5H2,1H3,(H2,19,20)(H,21,26). The van der Waals surface area contributed by atoms with Crippen LogP contribution in [0.4, 0.5) is 11.5 Å². The number of aromatic nitrogens is 5. The molecule has 3 N–H and O–H groups in total. The average Bonchev–Trinajstić information content (AvgIpc) is 3.36. The molecule has 1 aliphatic carbocycles. The van der Waals surface area contributed by atoms with Crippen molar-refractivity contribution in [2.24, 2.45) is 0 Å². The molecule has 0 aliphatic heterocycles. The number of nitrogens with one attached hydrogen (secondary N) is 1. The Bertz CT molecular complexity index is 997. The summed E-state index contributed by atoms with van der Waals surface area (Å²) in [5, 5.41) is 15.1. The molecular formula is C17H16ClN7O. The summed E-state index contributed by atoms with van der Waals surface area (Å²) in [6, 6.07) is 7.46. The second-order valence-electron chi connectivity index (χ2n) is 6.25. The third-order valence-corrected chi connectivity index (χ3v) is 4.56. The zero-order chi connectivity index (χ0) is 18.3. The highest BCUT2D eigenvalue weighted by Gasteiger charge is 2.28. The molecule has 26 heavy (non-hydrogen) atoms. The van der Waals surface area contributed by atoms with Crippen molar-refractivity contribution in [1.29, 1.82) is 0 Å². The minimum atomic E-state index is -0.323. The molecule has 1 fully saturated rings. The molecule has 8 nitrogen and oxygen atoms in total. The molecule has 1 aliphatic rings. The Morgan fingerprint density at radius 3 is 2.88 bits per heavy atom. The molecule has 2 heterocycles. The molecule has 0 bridgehead atoms. The van der Waals surface area contributed by atoms with Crippen LogP contribution in [0.25, 0.3) is 11.4 Å². The number of hydrogen-bond acceptors (Lipinski definition) is 6. The number of nitrogen functional groups attached to an aromatic ring is 1. The number of nitrogens with two attached hydrogens (primary N) is 1. The Hall–Kier alpha value is -3.00. The minimum Gasteiger partial charge on any atom is -0.382 e. The van der Waals surface area contributed by atoms with E-state index in [1.807, 2.05) is 29.8 Å². The molecule has 4 rings (SSSR count). The number of aryl methyl sites for hydroxylation is 1. The number of carbonyl (C=O) groups excluding carboxylic acids is 1. The van der Waals surface area contributed by atoms with Crippen molar-refractivity contribution >= 4 is 29.0 Å². The zero-order valence-electron chi connectivity index (χ0n) is 14.0. The summed E-state index contributed by atoms with van der Waals surface area (Å²) in [6.45, 7) is 1.98. The van der Waals surface area contributed by atoms with Gasteiger partial charge in [-0.15, -0.1) is 5.10 Å². The summed E-state index contributed by atoms with van der Waals surface area (Å²) < 4.78 is 1.84. The number of nitrogens with zero attached hydrogens (tertiary/aromatic N) is 5. The van der Waals surface area contributed by atoms with E-state index in [1.54, 1.807) is 0 Å². The first-order valence-corrected chi connectivity index (χ1v) is 8.52. The van der Waals surface area contributed by atoms with E-state index in [4.69, 9.17) is 17.3 Å². The SMILES string of the molecule is Cc1ccc(NC(=O)c2cnc(N)c(Cl)c2)cc1-c1nnnn1C1CC1. The fourth-order valence-corrected chi connectivity index (χ4v) is 2.82. The Kier molecular flexibility index (Phi) is 4.04. The Balaban J connectivity index is 1.62. The molecule has 0 atom stereocenters. The van der Waals surface area contributed by atoms with Crippen molar-refractivity contribution in [3.05, 3.63) is 46.6 Å². The molecular weight excluding hydrogens is 354 g/mol. The molecule has 0 saturated heterocycles. The van der Waals surface area contributed by atoms with Crippen LogP contribution < -0.4 is 11.1 Å². The van der Waals surface area contributed by atoms with Crippen LogP contribution in [0.15, 0.2) is 30.5 Å². The largest absolute Gasteiger partial charge is 0.382 e. The second kappa shape index (κ2) is 6.38. The number of pyridine rings is 1. The van der Waals surface area contributed by atoms with Gasteiger partial charge in [0.1, 0.15) is 5.82 Å². The molecule has 2 aromatic heterocycles. The van der Waals surface area contributed by atoms with Crippen LogP contribution in [0.1, 0.15) is 34.8 Å². The van der Waals surface area contributed by atoms with Crippen molar-refractivity contribution < 1.29 is 4.79 Å². The van der Waals surface area contributed by atoms with E-state index in [-0.39, 0.29) is 16.7 Å². The lowest BCUT2D eigenvalue weighted by Crippen LogP contribution is -2.13. The summed E-state index contributed by atoms with van der Waals surface area (Å²) in [5.41, 5.74) is 8.45. The molecule has 9 heteroatoms. The molecule has 0 radical (unpaired) electrons. The van der Waals surface area contributed by atoms with E-state index < -0.39 is 0 Å². The fourth-order valence-electron chi connectivity index (χ4n) is 2.65. The maximum atomic E-state index is 12.4. The molecule has 1 aromatic carbocycles. The Morgan fingerprint density at radius 2 is 2.15 bits per heavy atom. The maximum absolute atomic E-state index is 12.4. The van der Waals surface area contributed by atoms with Gasteiger partial charge in [-0.2, -0.15) is 0 Å². The zero-order valence-corrected chi connectivity index (χ0v) is 14.7. The highest BCUT2D eigenvalue weighted by Crippen LogP contribution is 2.37. The van der Waals surface area contributed by atoms with E-state index >= 15 is 0 Å². The van der Waals surface area contributed by atoms with E-state index in [0.717, 1.165) is 24.0 Å². The first kappa shape index (κ1) is 16.5. The van der Waals surface area contributed by atoms with Crippen LogP contribution in [0.5, 0.6) is 0 Å². The number of benzene rings is 1. The van der Waals surface area contributed by atoms with Gasteiger partial charge in [-0.05, 0) is 54.0 Å². The van der Waals surface area contributed by atoms with Gasteiger partial charge < -0.3 is 11.1 Å². The number of tetrazole rings is 1. The van der Waals surface area contributed by atoms with Gasteiger partial charge in [-0.25, -0.2) is 9.67 Å². The summed E-state index contributed by atoms with van der Waals surface area (Å²) in [4.78, 5) is 16.4. The van der Waals surface area contributed by atoms with Crippen molar-refractivity contribution in [3.63, 3.8) is 0 Å². The predicted molar refractivity (Wildman–Crippen MR) is 97.9 cm³/mol. The van der Waals surface area contributed by atoms with Gasteiger partial charge >= 0.3 is 0 Å². The first-order chi connectivity index (χ1) is 12.5. The normalized spacial score (nSPS) is 13.6. The molecule has 1 amide bonds. The number of carbonyl (C=O) groups is 1. The monoisotopic (exact) mass is 369 g/mol. The Morgan fingerprint density at radius 1 is 1.35 bits per heavy atom. The lowest BCUT2D eigenvalue weighted by Gasteiger charge is -2.10. The summed E-state index contributed by atoms with van der Waals surface area (Å²) in [5.74, 6) is 0.571. The van der Waals surface area contributed by atoms with E-state index in [2.05, 4.69) is 25.8 Å². The fraction of sp³-hybridized carbons (Fsp3) is 0.235. The number of halogens is 1. The molecule has 3 aromatic rings. The molecule has 0 spiro atoms. The van der Waals surface area contributed by atoms with Crippen molar-refractivity contribution in [1.82, 2.24) is 25.2 Å². The quantitative estimate of drug-likeness (QED) is 0.731. The highest BCUT2D eigenvalue weighted by atomic mass is 35.5. The predicted octanol–water partition coefficient (Wildman–Crippen LogP) is 2.87. The third kappa shape index (κ3) is 3.11. The van der Waals surface area contributed by atoms with Gasteiger partial charge in [0.15, 0.2) is 5.82 Å². The number of hydrogen-bond donors (Lipinski definition) is 2. The first-order valence-electron chi connectivity index (χ1n) is 8.14. The van der Waals surface area contributed by atoms with Crippen LogP contribution in [-0.2, 0) is 0 Å². The van der Waals surface area contributed by atoms with Crippen molar-refractivity contribution in [2.75, 3.05) is 11.1 Å². The van der Waals surface area contributed by atoms with Crippen LogP contribution in [0, 0.1) is 6.92 Å². The molecule has 0 unspecified atom stereocenters. The maximum Gasteiger partial charge on any atom is 0.257 e. The summed E-state index contributed by atoms with van der Waals surface area (Å²) in [6.07, 6.45) is 3.55. The van der Waals surface area contributed by atoms with Gasteiger partial charge in [0.05, 0.1) is 16.6 Å². The van der Waals surface area contributed by atoms with Crippen molar-refractivity contribution in [2.45, 2.75) is 25.8 Å². The minimum absolute atomic E-state index is 0.188. The average molecular weight is 370 g/mol. The van der Waals surface area contributed by atoms with Crippen LogP contribution in [0.2, 0.25) is 5.02 Å². The van der Waals surface area contributed by atoms with Gasteiger partial charge in [0, 0.05) is 17.4 Å². The van der Waals surface area contributed by atoms with Crippen LogP contribution in [-0.4, -0.2) is 31.1 Å².